The quantitative estimate of drug-likeness (QED) is 0.504. The van der Waals surface area contributed by atoms with Gasteiger partial charge in [-0.25, -0.2) is 9.37 Å². The Bertz CT molecular complexity index is 713. The molecule has 0 amide bonds. The average Bonchev–Trinajstić information content (AvgIpc) is 2.47. The summed E-state index contributed by atoms with van der Waals surface area (Å²) in [6.45, 7) is 3.75. The van der Waals surface area contributed by atoms with Crippen LogP contribution < -0.4 is 5.56 Å². The molecule has 0 bridgehead atoms. The summed E-state index contributed by atoms with van der Waals surface area (Å²) in [6.07, 6.45) is 1.61. The van der Waals surface area contributed by atoms with Crippen molar-refractivity contribution >= 4 is 17.5 Å². The lowest BCUT2D eigenvalue weighted by atomic mass is 10.1. The number of benzene rings is 1. The number of aromatic amines is 1. The van der Waals surface area contributed by atoms with E-state index in [0.717, 1.165) is 18.5 Å². The van der Waals surface area contributed by atoms with Gasteiger partial charge in [0.15, 0.2) is 10.9 Å². The second-order valence-corrected chi connectivity index (χ2v) is 6.25. The molecule has 0 radical (unpaired) electrons. The molecule has 1 heterocycles. The molecule has 0 aliphatic carbocycles. The number of hydrogen-bond acceptors (Lipinski definition) is 4. The normalized spacial score (nSPS) is 12.1. The van der Waals surface area contributed by atoms with Gasteiger partial charge in [0.25, 0.3) is 5.56 Å². The van der Waals surface area contributed by atoms with Crippen LogP contribution in [0, 0.1) is 5.82 Å². The van der Waals surface area contributed by atoms with Crippen LogP contribution in [0.4, 0.5) is 4.39 Å². The van der Waals surface area contributed by atoms with Gasteiger partial charge in [-0.05, 0) is 37.6 Å². The van der Waals surface area contributed by atoms with Gasteiger partial charge in [0.05, 0.1) is 5.25 Å². The van der Waals surface area contributed by atoms with E-state index in [1.165, 1.54) is 42.1 Å². The fourth-order valence-corrected chi connectivity index (χ4v) is 2.90. The Kier molecular flexibility index (Phi) is 5.49. The summed E-state index contributed by atoms with van der Waals surface area (Å²) in [7, 11) is 0. The molecule has 0 spiro atoms. The van der Waals surface area contributed by atoms with Crippen molar-refractivity contribution in [3.8, 4) is 0 Å². The predicted molar refractivity (Wildman–Crippen MR) is 84.9 cm³/mol. The Balaban J connectivity index is 2.14. The summed E-state index contributed by atoms with van der Waals surface area (Å²) in [6, 6.07) is 6.90. The van der Waals surface area contributed by atoms with Crippen LogP contribution in [0.3, 0.4) is 0 Å². The highest BCUT2D eigenvalue weighted by Crippen LogP contribution is 2.22. The van der Waals surface area contributed by atoms with Gasteiger partial charge in [0.1, 0.15) is 5.82 Å². The Hall–Kier alpha value is -1.95. The topological polar surface area (TPSA) is 62.8 Å². The molecule has 1 N–H and O–H groups in total. The van der Waals surface area contributed by atoms with E-state index < -0.39 is 5.25 Å². The van der Waals surface area contributed by atoms with Crippen LogP contribution in [-0.2, 0) is 6.42 Å². The minimum Gasteiger partial charge on any atom is -0.301 e. The van der Waals surface area contributed by atoms with E-state index in [9.17, 15) is 14.0 Å². The van der Waals surface area contributed by atoms with Gasteiger partial charge in [0.2, 0.25) is 0 Å². The van der Waals surface area contributed by atoms with Crippen LogP contribution in [-0.4, -0.2) is 21.0 Å². The molecule has 22 heavy (non-hydrogen) atoms. The number of nitrogens with one attached hydrogen (secondary N) is 1. The standard InChI is InChI=1S/C16H17FN2O2S/c1-3-4-13-9-14(20)19-16(18-13)22-10(2)15(21)11-5-7-12(17)8-6-11/h5-10H,3-4H2,1-2H3,(H,18,19,20)/t10-/m0/s1. The van der Waals surface area contributed by atoms with Crippen LogP contribution in [0.2, 0.25) is 0 Å². The zero-order chi connectivity index (χ0) is 16.1. The second kappa shape index (κ2) is 7.35. The van der Waals surface area contributed by atoms with Crippen LogP contribution in [0.25, 0.3) is 0 Å². The summed E-state index contributed by atoms with van der Waals surface area (Å²) < 4.78 is 12.9. The number of H-pyrrole nitrogens is 1. The SMILES string of the molecule is CCCc1cc(=O)[nH]c(S[C@@H](C)C(=O)c2ccc(F)cc2)n1. The number of halogens is 1. The van der Waals surface area contributed by atoms with Crippen molar-refractivity contribution in [2.24, 2.45) is 0 Å². The molecule has 1 atom stereocenters. The third kappa shape index (κ3) is 4.27. The van der Waals surface area contributed by atoms with Crippen molar-refractivity contribution in [1.29, 1.82) is 0 Å². The first kappa shape index (κ1) is 16.4. The van der Waals surface area contributed by atoms with Gasteiger partial charge in [-0.3, -0.25) is 9.59 Å². The van der Waals surface area contributed by atoms with E-state index in [1.54, 1.807) is 6.92 Å². The van der Waals surface area contributed by atoms with Gasteiger partial charge in [-0.15, -0.1) is 0 Å². The smallest absolute Gasteiger partial charge is 0.251 e. The highest BCUT2D eigenvalue weighted by atomic mass is 32.2. The number of ketones is 1. The third-order valence-corrected chi connectivity index (χ3v) is 4.05. The molecule has 0 saturated carbocycles. The Labute approximate surface area is 132 Å². The molecule has 0 saturated heterocycles. The van der Waals surface area contributed by atoms with Crippen LogP contribution in [0.15, 0.2) is 40.3 Å². The lowest BCUT2D eigenvalue weighted by Crippen LogP contribution is -2.16. The summed E-state index contributed by atoms with van der Waals surface area (Å²) in [5.74, 6) is -0.510. The Morgan fingerprint density at radius 3 is 2.68 bits per heavy atom. The molecule has 1 aromatic heterocycles. The zero-order valence-electron chi connectivity index (χ0n) is 12.4. The molecule has 6 heteroatoms. The summed E-state index contributed by atoms with van der Waals surface area (Å²) in [4.78, 5) is 30.9. The van der Waals surface area contributed by atoms with Gasteiger partial charge < -0.3 is 4.98 Å². The zero-order valence-corrected chi connectivity index (χ0v) is 13.2. The molecule has 2 rings (SSSR count). The van der Waals surface area contributed by atoms with E-state index in [2.05, 4.69) is 9.97 Å². The van der Waals surface area contributed by atoms with E-state index in [1.807, 2.05) is 6.92 Å². The predicted octanol–water partition coefficient (Wildman–Crippen LogP) is 3.23. The average molecular weight is 320 g/mol. The van der Waals surface area contributed by atoms with E-state index in [4.69, 9.17) is 0 Å². The molecule has 116 valence electrons. The molecule has 4 nitrogen and oxygen atoms in total. The number of hydrogen-bond donors (Lipinski definition) is 1. The molecule has 2 aromatic rings. The summed E-state index contributed by atoms with van der Waals surface area (Å²) >= 11 is 1.19. The number of Topliss-reactive ketones (excluding diaryl/α,β-unsaturated/α-hetero) is 1. The minimum absolute atomic E-state index is 0.131. The van der Waals surface area contributed by atoms with Gasteiger partial charge >= 0.3 is 0 Å². The van der Waals surface area contributed by atoms with E-state index in [-0.39, 0.29) is 17.2 Å². The van der Waals surface area contributed by atoms with Crippen molar-refractivity contribution in [2.45, 2.75) is 37.1 Å². The minimum atomic E-state index is -0.425. The largest absolute Gasteiger partial charge is 0.301 e. The lowest BCUT2D eigenvalue weighted by molar-refractivity contribution is 0.0994. The van der Waals surface area contributed by atoms with E-state index >= 15 is 0 Å². The number of rotatable bonds is 6. The first-order chi connectivity index (χ1) is 10.5. The molecular weight excluding hydrogens is 303 g/mol. The molecule has 0 aliphatic heterocycles. The molecule has 0 fully saturated rings. The maximum absolute atomic E-state index is 12.9. The lowest BCUT2D eigenvalue weighted by Gasteiger charge is -2.10. The number of thioether (sulfide) groups is 1. The Morgan fingerprint density at radius 2 is 2.05 bits per heavy atom. The molecular formula is C16H17FN2O2S. The maximum Gasteiger partial charge on any atom is 0.251 e. The number of carbonyl (C=O) groups is 1. The monoisotopic (exact) mass is 320 g/mol. The fourth-order valence-electron chi connectivity index (χ4n) is 1.99. The first-order valence-corrected chi connectivity index (χ1v) is 7.94. The van der Waals surface area contributed by atoms with Crippen LogP contribution in [0.5, 0.6) is 0 Å². The second-order valence-electron chi connectivity index (χ2n) is 4.92. The Morgan fingerprint density at radius 1 is 1.36 bits per heavy atom. The number of aromatic nitrogens is 2. The van der Waals surface area contributed by atoms with Crippen molar-refractivity contribution in [3.63, 3.8) is 0 Å². The number of carbonyl (C=O) groups excluding carboxylic acids is 1. The van der Waals surface area contributed by atoms with Gasteiger partial charge in [0, 0.05) is 17.3 Å². The van der Waals surface area contributed by atoms with Crippen molar-refractivity contribution in [1.82, 2.24) is 9.97 Å². The van der Waals surface area contributed by atoms with Crippen molar-refractivity contribution < 1.29 is 9.18 Å². The van der Waals surface area contributed by atoms with Gasteiger partial charge in [-0.1, -0.05) is 25.1 Å². The maximum atomic E-state index is 12.9. The highest BCUT2D eigenvalue weighted by Gasteiger charge is 2.18. The highest BCUT2D eigenvalue weighted by molar-refractivity contribution is 8.00. The van der Waals surface area contributed by atoms with E-state index in [0.29, 0.717) is 10.7 Å². The fraction of sp³-hybridized carbons (Fsp3) is 0.312. The van der Waals surface area contributed by atoms with Crippen molar-refractivity contribution in [2.75, 3.05) is 0 Å². The molecule has 0 aliphatic rings. The first-order valence-electron chi connectivity index (χ1n) is 7.06. The van der Waals surface area contributed by atoms with Crippen LogP contribution in [0.1, 0.15) is 36.3 Å². The number of aryl methyl sites for hydroxylation is 1. The van der Waals surface area contributed by atoms with Crippen molar-refractivity contribution in [3.05, 3.63) is 57.8 Å². The number of nitrogens with zero attached hydrogens (tertiary/aromatic N) is 1. The molecule has 1 aromatic carbocycles. The third-order valence-electron chi connectivity index (χ3n) is 3.07. The van der Waals surface area contributed by atoms with Crippen LogP contribution >= 0.6 is 11.8 Å². The summed E-state index contributed by atoms with van der Waals surface area (Å²) in [5, 5.41) is 0.00407. The molecule has 0 unspecified atom stereocenters. The van der Waals surface area contributed by atoms with Gasteiger partial charge in [-0.2, -0.15) is 0 Å². The summed E-state index contributed by atoms with van der Waals surface area (Å²) in [5.41, 5.74) is 0.936.